The number of nitrogens with one attached hydrogen (secondary N) is 2. The van der Waals surface area contributed by atoms with Crippen molar-refractivity contribution in [2.45, 2.75) is 38.8 Å². The van der Waals surface area contributed by atoms with Gasteiger partial charge in [0.05, 0.1) is 0 Å². The van der Waals surface area contributed by atoms with Gasteiger partial charge in [0.2, 0.25) is 5.91 Å². The molecule has 102 valence electrons. The Morgan fingerprint density at radius 1 is 1.50 bits per heavy atom. The number of nitrogens with zero attached hydrogens (tertiary/aromatic N) is 1. The predicted molar refractivity (Wildman–Crippen MR) is 64.0 cm³/mol. The van der Waals surface area contributed by atoms with Gasteiger partial charge < -0.3 is 15.7 Å². The summed E-state index contributed by atoms with van der Waals surface area (Å²) in [6.45, 7) is 3.60. The van der Waals surface area contributed by atoms with E-state index < -0.39 is 18.0 Å². The van der Waals surface area contributed by atoms with Gasteiger partial charge in [-0.25, -0.2) is 9.59 Å². The molecule has 0 bridgehead atoms. The summed E-state index contributed by atoms with van der Waals surface area (Å²) in [7, 11) is 0. The molecule has 0 aromatic carbocycles. The molecule has 3 N–H and O–H groups in total. The average molecular weight is 257 g/mol. The molecule has 0 aromatic rings. The number of amides is 3. The van der Waals surface area contributed by atoms with Crippen molar-refractivity contribution >= 4 is 17.9 Å². The average Bonchev–Trinajstić information content (AvgIpc) is 2.35. The second kappa shape index (κ2) is 6.23. The minimum atomic E-state index is -1.12. The van der Waals surface area contributed by atoms with E-state index in [-0.39, 0.29) is 25.0 Å². The van der Waals surface area contributed by atoms with E-state index in [1.807, 2.05) is 13.8 Å². The Bertz CT molecular complexity index is 341. The van der Waals surface area contributed by atoms with E-state index in [0.717, 1.165) is 17.7 Å². The second-order valence-electron chi connectivity index (χ2n) is 4.25. The van der Waals surface area contributed by atoms with Crippen molar-refractivity contribution in [3.8, 4) is 0 Å². The molecule has 1 aliphatic rings. The van der Waals surface area contributed by atoms with Crippen molar-refractivity contribution in [3.63, 3.8) is 0 Å². The molecule has 1 saturated heterocycles. The fourth-order valence-electron chi connectivity index (χ4n) is 1.83. The molecule has 18 heavy (non-hydrogen) atoms. The third kappa shape index (κ3) is 3.35. The molecule has 1 heterocycles. The van der Waals surface area contributed by atoms with Crippen LogP contribution in [0.2, 0.25) is 0 Å². The van der Waals surface area contributed by atoms with Crippen LogP contribution in [0.25, 0.3) is 0 Å². The van der Waals surface area contributed by atoms with Crippen molar-refractivity contribution in [2.24, 2.45) is 0 Å². The van der Waals surface area contributed by atoms with Crippen molar-refractivity contribution < 1.29 is 19.5 Å². The van der Waals surface area contributed by atoms with Gasteiger partial charge in [0.25, 0.3) is 0 Å². The summed E-state index contributed by atoms with van der Waals surface area (Å²) < 4.78 is 0. The zero-order chi connectivity index (χ0) is 13.7. The zero-order valence-corrected chi connectivity index (χ0v) is 10.6. The quantitative estimate of drug-likeness (QED) is 0.647. The van der Waals surface area contributed by atoms with Crippen molar-refractivity contribution in [1.82, 2.24) is 15.5 Å². The molecule has 0 aliphatic carbocycles. The molecule has 7 nitrogen and oxygen atoms in total. The highest BCUT2D eigenvalue weighted by atomic mass is 16.4. The molecule has 0 radical (unpaired) electrons. The van der Waals surface area contributed by atoms with Gasteiger partial charge >= 0.3 is 12.0 Å². The first kappa shape index (κ1) is 14.3. The Morgan fingerprint density at radius 2 is 2.11 bits per heavy atom. The van der Waals surface area contributed by atoms with Gasteiger partial charge in [-0.3, -0.25) is 9.69 Å². The van der Waals surface area contributed by atoms with Gasteiger partial charge in [-0.05, 0) is 12.8 Å². The molecular formula is C11H19N3O4. The van der Waals surface area contributed by atoms with Crippen molar-refractivity contribution in [1.29, 1.82) is 0 Å². The molecule has 3 amide bonds. The summed E-state index contributed by atoms with van der Waals surface area (Å²) in [6.07, 6.45) is 1.53. The highest BCUT2D eigenvalue weighted by Gasteiger charge is 2.35. The molecule has 0 aromatic heterocycles. The summed E-state index contributed by atoms with van der Waals surface area (Å²) >= 11 is 0. The lowest BCUT2D eigenvalue weighted by molar-refractivity contribution is -0.144. The maximum Gasteiger partial charge on any atom is 0.328 e. The molecule has 1 atom stereocenters. The number of carbonyl (C=O) groups excluding carboxylic acids is 2. The predicted octanol–water partition coefficient (Wildman–Crippen LogP) is -0.230. The fourth-order valence-corrected chi connectivity index (χ4v) is 1.83. The van der Waals surface area contributed by atoms with Gasteiger partial charge in [0.15, 0.2) is 0 Å². The second-order valence-corrected chi connectivity index (χ2v) is 4.25. The van der Waals surface area contributed by atoms with Gasteiger partial charge in [0.1, 0.15) is 12.6 Å². The van der Waals surface area contributed by atoms with Crippen LogP contribution in [-0.4, -0.2) is 53.1 Å². The Labute approximate surface area is 106 Å². The minimum absolute atomic E-state index is 0.00284. The Balaban J connectivity index is 2.72. The molecule has 0 spiro atoms. The summed E-state index contributed by atoms with van der Waals surface area (Å²) in [5.74, 6) is -1.46. The zero-order valence-electron chi connectivity index (χ0n) is 10.6. The van der Waals surface area contributed by atoms with E-state index in [1.165, 1.54) is 0 Å². The number of rotatable bonds is 4. The number of carboxylic acids is 1. The van der Waals surface area contributed by atoms with E-state index in [9.17, 15) is 14.4 Å². The summed E-state index contributed by atoms with van der Waals surface area (Å²) in [5.41, 5.74) is 0. The summed E-state index contributed by atoms with van der Waals surface area (Å²) in [5, 5.41) is 14.2. The van der Waals surface area contributed by atoms with Crippen molar-refractivity contribution in [2.75, 3.05) is 13.1 Å². The first-order chi connectivity index (χ1) is 8.49. The van der Waals surface area contributed by atoms with E-state index in [0.29, 0.717) is 0 Å². The van der Waals surface area contributed by atoms with Gasteiger partial charge in [-0.15, -0.1) is 0 Å². The highest BCUT2D eigenvalue weighted by molar-refractivity contribution is 5.90. The number of hydrogen-bond donors (Lipinski definition) is 3. The smallest absolute Gasteiger partial charge is 0.328 e. The van der Waals surface area contributed by atoms with E-state index in [4.69, 9.17) is 5.11 Å². The van der Waals surface area contributed by atoms with Crippen LogP contribution in [-0.2, 0) is 9.59 Å². The summed E-state index contributed by atoms with van der Waals surface area (Å²) in [6, 6.07) is -1.50. The number of piperazine rings is 1. The Hall–Kier alpha value is -1.79. The maximum absolute atomic E-state index is 12.0. The topological polar surface area (TPSA) is 98.7 Å². The number of aliphatic carboxylic acids is 1. The van der Waals surface area contributed by atoms with E-state index >= 15 is 0 Å². The molecule has 7 heteroatoms. The first-order valence-electron chi connectivity index (χ1n) is 6.06. The highest BCUT2D eigenvalue weighted by Crippen LogP contribution is 2.06. The van der Waals surface area contributed by atoms with Gasteiger partial charge in [-0.1, -0.05) is 13.8 Å². The normalized spacial score (nSPS) is 19.6. The fraction of sp³-hybridized carbons (Fsp3) is 0.727. The van der Waals surface area contributed by atoms with Crippen LogP contribution >= 0.6 is 0 Å². The van der Waals surface area contributed by atoms with E-state index in [2.05, 4.69) is 10.6 Å². The molecule has 1 fully saturated rings. The monoisotopic (exact) mass is 257 g/mol. The lowest BCUT2D eigenvalue weighted by Crippen LogP contribution is -2.62. The third-order valence-corrected chi connectivity index (χ3v) is 3.04. The third-order valence-electron chi connectivity index (χ3n) is 3.04. The molecular weight excluding hydrogens is 238 g/mol. The number of carbonyl (C=O) groups is 3. The number of urea groups is 1. The van der Waals surface area contributed by atoms with Crippen LogP contribution in [0.15, 0.2) is 0 Å². The lowest BCUT2D eigenvalue weighted by Gasteiger charge is -2.33. The Kier molecular flexibility index (Phi) is 4.94. The van der Waals surface area contributed by atoms with Crippen LogP contribution in [0.5, 0.6) is 0 Å². The molecule has 0 saturated carbocycles. The van der Waals surface area contributed by atoms with Crippen LogP contribution in [0.4, 0.5) is 4.79 Å². The minimum Gasteiger partial charge on any atom is -0.480 e. The van der Waals surface area contributed by atoms with E-state index in [1.54, 1.807) is 0 Å². The lowest BCUT2D eigenvalue weighted by atomic mass is 10.1. The van der Waals surface area contributed by atoms with Gasteiger partial charge in [-0.2, -0.15) is 0 Å². The summed E-state index contributed by atoms with van der Waals surface area (Å²) in [4.78, 5) is 35.3. The van der Waals surface area contributed by atoms with Gasteiger partial charge in [0, 0.05) is 12.6 Å². The standard InChI is InChI=1S/C11H19N3O4/c1-3-7(4-2)13-11(18)14-6-9(15)12-5-8(14)10(16)17/h7-8H,3-6H2,1-2H3,(H,12,15)(H,13,18)(H,16,17). The number of carboxylic acid groups (broad SMARTS) is 1. The van der Waals surface area contributed by atoms with Crippen LogP contribution in [0.3, 0.4) is 0 Å². The van der Waals surface area contributed by atoms with Crippen molar-refractivity contribution in [3.05, 3.63) is 0 Å². The largest absolute Gasteiger partial charge is 0.480 e. The van der Waals surface area contributed by atoms with Crippen LogP contribution < -0.4 is 10.6 Å². The molecule has 1 unspecified atom stereocenters. The SMILES string of the molecule is CCC(CC)NC(=O)N1CC(=O)NCC1C(=O)O. The maximum atomic E-state index is 12.0. The Morgan fingerprint density at radius 3 is 2.61 bits per heavy atom. The molecule has 1 rings (SSSR count). The first-order valence-corrected chi connectivity index (χ1v) is 6.06. The van der Waals surface area contributed by atoms with Crippen LogP contribution in [0.1, 0.15) is 26.7 Å². The van der Waals surface area contributed by atoms with Crippen LogP contribution in [0, 0.1) is 0 Å². The molecule has 1 aliphatic heterocycles. The number of hydrogen-bond acceptors (Lipinski definition) is 3.